The molecule has 0 amide bonds. The highest BCUT2D eigenvalue weighted by molar-refractivity contribution is 7.98. The molecule has 4 heteroatoms. The summed E-state index contributed by atoms with van der Waals surface area (Å²) in [6, 6.07) is 17.6. The molecule has 122 valence electrons. The Morgan fingerprint density at radius 2 is 1.74 bits per heavy atom. The fourth-order valence-corrected chi connectivity index (χ4v) is 3.61. The molecule has 0 bridgehead atoms. The van der Waals surface area contributed by atoms with Crippen LogP contribution in [0.15, 0.2) is 53.4 Å². The summed E-state index contributed by atoms with van der Waals surface area (Å²) in [6.07, 6.45) is 2.11. The van der Waals surface area contributed by atoms with Crippen LogP contribution in [-0.4, -0.2) is 44.4 Å². The lowest BCUT2D eigenvalue weighted by Crippen LogP contribution is -2.45. The first kappa shape index (κ1) is 16.4. The Morgan fingerprint density at radius 3 is 2.39 bits per heavy atom. The zero-order valence-corrected chi connectivity index (χ0v) is 14.6. The van der Waals surface area contributed by atoms with E-state index in [0.717, 1.165) is 31.9 Å². The number of ether oxygens (including phenoxy) is 1. The summed E-state index contributed by atoms with van der Waals surface area (Å²) in [6.45, 7) is 4.17. The van der Waals surface area contributed by atoms with Gasteiger partial charge in [-0.2, -0.15) is 0 Å². The average Bonchev–Trinajstić information content (AvgIpc) is 2.64. The molecule has 0 spiro atoms. The van der Waals surface area contributed by atoms with Crippen molar-refractivity contribution in [1.82, 2.24) is 10.2 Å². The van der Waals surface area contributed by atoms with Gasteiger partial charge in [0.1, 0.15) is 5.75 Å². The highest BCUT2D eigenvalue weighted by Crippen LogP contribution is 2.35. The largest absolute Gasteiger partial charge is 0.496 e. The van der Waals surface area contributed by atoms with E-state index in [1.165, 1.54) is 16.0 Å². The van der Waals surface area contributed by atoms with E-state index in [4.69, 9.17) is 4.74 Å². The number of thioether (sulfide) groups is 1. The molecule has 0 aliphatic carbocycles. The van der Waals surface area contributed by atoms with Crippen LogP contribution in [-0.2, 0) is 0 Å². The minimum Gasteiger partial charge on any atom is -0.496 e. The first-order valence-electron chi connectivity index (χ1n) is 8.05. The Kier molecular flexibility index (Phi) is 5.60. The van der Waals surface area contributed by atoms with Crippen molar-refractivity contribution < 1.29 is 4.74 Å². The number of rotatable bonds is 5. The van der Waals surface area contributed by atoms with E-state index < -0.39 is 0 Å². The highest BCUT2D eigenvalue weighted by Gasteiger charge is 2.26. The van der Waals surface area contributed by atoms with Crippen molar-refractivity contribution in [2.24, 2.45) is 0 Å². The molecule has 0 saturated carbocycles. The fraction of sp³-hybridized carbons (Fsp3) is 0.368. The Morgan fingerprint density at radius 1 is 1.04 bits per heavy atom. The number of hydrogen-bond acceptors (Lipinski definition) is 4. The number of para-hydroxylation sites is 1. The number of nitrogens with one attached hydrogen (secondary N) is 1. The Hall–Kier alpha value is -1.49. The van der Waals surface area contributed by atoms with E-state index >= 15 is 0 Å². The minimum atomic E-state index is 0.240. The monoisotopic (exact) mass is 328 g/mol. The lowest BCUT2D eigenvalue weighted by atomic mass is 9.95. The van der Waals surface area contributed by atoms with E-state index in [0.29, 0.717) is 0 Å². The van der Waals surface area contributed by atoms with Crippen molar-refractivity contribution in [3.8, 4) is 5.75 Å². The number of nitrogens with zero attached hydrogens (tertiary/aromatic N) is 1. The molecule has 1 saturated heterocycles. The number of hydrogen-bond donors (Lipinski definition) is 1. The smallest absolute Gasteiger partial charge is 0.123 e. The maximum absolute atomic E-state index is 5.64. The minimum absolute atomic E-state index is 0.240. The van der Waals surface area contributed by atoms with Crippen molar-refractivity contribution in [3.05, 3.63) is 59.7 Å². The summed E-state index contributed by atoms with van der Waals surface area (Å²) in [5.74, 6) is 0.963. The zero-order valence-electron chi connectivity index (χ0n) is 13.8. The molecule has 1 fully saturated rings. The standard InChI is InChI=1S/C19H24N2OS/c1-22-18-6-4-3-5-17(18)19(21-13-11-20-12-14-21)15-7-9-16(23-2)10-8-15/h3-10,19-20H,11-14H2,1-2H3. The van der Waals surface area contributed by atoms with Crippen LogP contribution in [0.3, 0.4) is 0 Å². The van der Waals surface area contributed by atoms with Gasteiger partial charge >= 0.3 is 0 Å². The van der Waals surface area contributed by atoms with Crippen LogP contribution in [0, 0.1) is 0 Å². The first-order chi connectivity index (χ1) is 11.3. The molecule has 0 radical (unpaired) electrons. The molecular weight excluding hydrogens is 304 g/mol. The van der Waals surface area contributed by atoms with E-state index in [1.807, 2.05) is 6.07 Å². The van der Waals surface area contributed by atoms with Crippen molar-refractivity contribution in [2.45, 2.75) is 10.9 Å². The number of benzene rings is 2. The van der Waals surface area contributed by atoms with Gasteiger partial charge in [0.05, 0.1) is 13.2 Å². The molecule has 1 heterocycles. The van der Waals surface area contributed by atoms with Crippen LogP contribution in [0.2, 0.25) is 0 Å². The van der Waals surface area contributed by atoms with E-state index in [1.54, 1.807) is 18.9 Å². The van der Waals surface area contributed by atoms with Crippen LogP contribution >= 0.6 is 11.8 Å². The molecule has 1 aliphatic heterocycles. The lowest BCUT2D eigenvalue weighted by Gasteiger charge is -2.36. The van der Waals surface area contributed by atoms with Gasteiger partial charge in [-0.05, 0) is 30.0 Å². The Bertz CT molecular complexity index is 624. The molecule has 23 heavy (non-hydrogen) atoms. The molecule has 1 N–H and O–H groups in total. The van der Waals surface area contributed by atoms with Gasteiger partial charge in [-0.15, -0.1) is 11.8 Å². The zero-order chi connectivity index (χ0) is 16.1. The van der Waals surface area contributed by atoms with Crippen LogP contribution in [0.4, 0.5) is 0 Å². The summed E-state index contributed by atoms with van der Waals surface area (Å²) >= 11 is 1.78. The topological polar surface area (TPSA) is 24.5 Å². The molecule has 0 aromatic heterocycles. The quantitative estimate of drug-likeness (QED) is 0.850. The van der Waals surface area contributed by atoms with Gasteiger partial charge in [-0.1, -0.05) is 30.3 Å². The molecule has 1 unspecified atom stereocenters. The maximum atomic E-state index is 5.64. The second-order valence-corrected chi connectivity index (χ2v) is 6.58. The Labute approximate surface area is 143 Å². The van der Waals surface area contributed by atoms with Gasteiger partial charge in [0.15, 0.2) is 0 Å². The fourth-order valence-electron chi connectivity index (χ4n) is 3.21. The molecule has 2 aromatic rings. The van der Waals surface area contributed by atoms with Crippen molar-refractivity contribution in [3.63, 3.8) is 0 Å². The summed E-state index contributed by atoms with van der Waals surface area (Å²) in [5, 5.41) is 3.44. The van der Waals surface area contributed by atoms with Crippen molar-refractivity contribution >= 4 is 11.8 Å². The van der Waals surface area contributed by atoms with Gasteiger partial charge in [0.2, 0.25) is 0 Å². The molecule has 3 rings (SSSR count). The van der Waals surface area contributed by atoms with E-state index in [9.17, 15) is 0 Å². The average molecular weight is 328 g/mol. The molecule has 3 nitrogen and oxygen atoms in total. The van der Waals surface area contributed by atoms with Gasteiger partial charge in [-0.3, -0.25) is 4.90 Å². The SMILES string of the molecule is COc1ccccc1C(c1ccc(SC)cc1)N1CCNCC1. The van der Waals surface area contributed by atoms with Gasteiger partial charge in [0.25, 0.3) is 0 Å². The summed E-state index contributed by atoms with van der Waals surface area (Å²) < 4.78 is 5.64. The molecule has 1 atom stereocenters. The Balaban J connectivity index is 2.01. The van der Waals surface area contributed by atoms with Crippen molar-refractivity contribution in [1.29, 1.82) is 0 Å². The van der Waals surface area contributed by atoms with E-state index in [2.05, 4.69) is 58.9 Å². The maximum Gasteiger partial charge on any atom is 0.123 e. The van der Waals surface area contributed by atoms with Gasteiger partial charge in [-0.25, -0.2) is 0 Å². The third-order valence-corrected chi connectivity index (χ3v) is 5.13. The normalized spacial score (nSPS) is 17.0. The van der Waals surface area contributed by atoms with Crippen LogP contribution < -0.4 is 10.1 Å². The second kappa shape index (κ2) is 7.86. The predicted octanol–water partition coefficient (Wildman–Crippen LogP) is 3.41. The van der Waals surface area contributed by atoms with Crippen molar-refractivity contribution in [2.75, 3.05) is 39.5 Å². The van der Waals surface area contributed by atoms with Gasteiger partial charge in [0, 0.05) is 36.6 Å². The molecule has 1 aliphatic rings. The molecule has 2 aromatic carbocycles. The predicted molar refractivity (Wildman–Crippen MR) is 97.5 cm³/mol. The van der Waals surface area contributed by atoms with E-state index in [-0.39, 0.29) is 6.04 Å². The van der Waals surface area contributed by atoms with Crippen LogP contribution in [0.25, 0.3) is 0 Å². The van der Waals surface area contributed by atoms with Crippen LogP contribution in [0.5, 0.6) is 5.75 Å². The third kappa shape index (κ3) is 3.71. The molecular formula is C19H24N2OS. The summed E-state index contributed by atoms with van der Waals surface area (Å²) in [4.78, 5) is 3.84. The number of piperazine rings is 1. The highest BCUT2D eigenvalue weighted by atomic mass is 32.2. The summed E-state index contributed by atoms with van der Waals surface area (Å²) in [7, 11) is 1.75. The van der Waals surface area contributed by atoms with Crippen LogP contribution in [0.1, 0.15) is 17.2 Å². The first-order valence-corrected chi connectivity index (χ1v) is 9.27. The summed E-state index contributed by atoms with van der Waals surface area (Å²) in [5.41, 5.74) is 2.57. The lowest BCUT2D eigenvalue weighted by molar-refractivity contribution is 0.195. The number of methoxy groups -OCH3 is 1. The third-order valence-electron chi connectivity index (χ3n) is 4.38. The second-order valence-electron chi connectivity index (χ2n) is 5.70. The van der Waals surface area contributed by atoms with Gasteiger partial charge < -0.3 is 10.1 Å².